The average Bonchev–Trinajstić information content (AvgIpc) is 3.34. The number of hydrogen-bond acceptors (Lipinski definition) is 5. The largest absolute Gasteiger partial charge is 0.393 e. The van der Waals surface area contributed by atoms with E-state index in [0.29, 0.717) is 11.3 Å². The molecular weight excluding hydrogens is 486 g/mol. The third kappa shape index (κ3) is 4.74. The number of anilines is 1. The molecule has 198 valence electrons. The SMILES string of the molecule is CC(C)c1nn(-c2ccc(C(N)=O)c(NC3CCC(O)CC3)c2)c2cccc(-c3cnc4ccccc4c3)c12. The first-order chi connectivity index (χ1) is 18.9. The Balaban J connectivity index is 1.48. The maximum absolute atomic E-state index is 12.3. The zero-order chi connectivity index (χ0) is 27.1. The fourth-order valence-electron chi connectivity index (χ4n) is 5.70. The monoisotopic (exact) mass is 519 g/mol. The maximum atomic E-state index is 12.3. The molecule has 1 aliphatic rings. The van der Waals surface area contributed by atoms with Crippen LogP contribution in [0.25, 0.3) is 38.6 Å². The van der Waals surface area contributed by atoms with Crippen LogP contribution in [0.3, 0.4) is 0 Å². The van der Waals surface area contributed by atoms with E-state index in [9.17, 15) is 9.90 Å². The van der Waals surface area contributed by atoms with Crippen LogP contribution < -0.4 is 11.1 Å². The predicted molar refractivity (Wildman–Crippen MR) is 156 cm³/mol. The van der Waals surface area contributed by atoms with Gasteiger partial charge in [-0.25, -0.2) is 4.68 Å². The van der Waals surface area contributed by atoms with E-state index in [2.05, 4.69) is 49.5 Å². The quantitative estimate of drug-likeness (QED) is 0.248. The summed E-state index contributed by atoms with van der Waals surface area (Å²) < 4.78 is 1.96. The van der Waals surface area contributed by atoms with Gasteiger partial charge in [0.25, 0.3) is 5.91 Å². The molecule has 2 heterocycles. The number of fused-ring (bicyclic) bond motifs is 2. The fourth-order valence-corrected chi connectivity index (χ4v) is 5.70. The summed E-state index contributed by atoms with van der Waals surface area (Å²) in [6, 6.07) is 22.4. The second-order valence-corrected chi connectivity index (χ2v) is 10.8. The molecule has 0 atom stereocenters. The van der Waals surface area contributed by atoms with Crippen LogP contribution in [0.1, 0.15) is 61.5 Å². The third-order valence-electron chi connectivity index (χ3n) is 7.75. The minimum atomic E-state index is -0.473. The number of nitrogens with zero attached hydrogens (tertiary/aromatic N) is 3. The van der Waals surface area contributed by atoms with Crippen molar-refractivity contribution in [2.75, 3.05) is 5.32 Å². The van der Waals surface area contributed by atoms with Crippen LogP contribution in [0.4, 0.5) is 5.69 Å². The molecule has 0 aliphatic heterocycles. The molecule has 0 spiro atoms. The van der Waals surface area contributed by atoms with E-state index in [-0.39, 0.29) is 18.1 Å². The molecule has 3 aromatic carbocycles. The first-order valence-electron chi connectivity index (χ1n) is 13.6. The number of rotatable bonds is 6. The van der Waals surface area contributed by atoms with Crippen molar-refractivity contribution < 1.29 is 9.90 Å². The molecule has 0 radical (unpaired) electrons. The first kappa shape index (κ1) is 25.1. The summed E-state index contributed by atoms with van der Waals surface area (Å²) in [6.07, 6.45) is 4.86. The summed E-state index contributed by atoms with van der Waals surface area (Å²) in [5, 5.41) is 20.7. The van der Waals surface area contributed by atoms with Gasteiger partial charge in [-0.2, -0.15) is 5.10 Å². The molecule has 7 heteroatoms. The molecular formula is C32H33N5O2. The Hall–Kier alpha value is -4.23. The number of nitrogens with one attached hydrogen (secondary N) is 1. The van der Waals surface area contributed by atoms with E-state index >= 15 is 0 Å². The highest BCUT2D eigenvalue weighted by Gasteiger charge is 2.23. The van der Waals surface area contributed by atoms with Gasteiger partial charge in [0.05, 0.1) is 34.1 Å². The van der Waals surface area contributed by atoms with E-state index in [1.807, 2.05) is 41.2 Å². The van der Waals surface area contributed by atoms with Crippen LogP contribution >= 0.6 is 0 Å². The second-order valence-electron chi connectivity index (χ2n) is 10.8. The zero-order valence-corrected chi connectivity index (χ0v) is 22.3. The number of carbonyl (C=O) groups excluding carboxylic acids is 1. The lowest BCUT2D eigenvalue weighted by molar-refractivity contribution is 0.100. The number of amides is 1. The number of aliphatic hydroxyl groups is 1. The molecule has 5 aromatic rings. The molecule has 6 rings (SSSR count). The van der Waals surface area contributed by atoms with Crippen LogP contribution in [0, 0.1) is 0 Å². The van der Waals surface area contributed by atoms with Gasteiger partial charge >= 0.3 is 0 Å². The van der Waals surface area contributed by atoms with Gasteiger partial charge in [0.1, 0.15) is 0 Å². The predicted octanol–water partition coefficient (Wildman–Crippen LogP) is 6.18. The lowest BCUT2D eigenvalue weighted by Gasteiger charge is -2.28. The van der Waals surface area contributed by atoms with Crippen molar-refractivity contribution >= 4 is 33.4 Å². The van der Waals surface area contributed by atoms with Crippen LogP contribution in [0.2, 0.25) is 0 Å². The summed E-state index contributed by atoms with van der Waals surface area (Å²) >= 11 is 0. The number of benzene rings is 3. The van der Waals surface area contributed by atoms with Gasteiger partial charge in [0, 0.05) is 34.3 Å². The number of hydrogen-bond donors (Lipinski definition) is 3. The normalized spacial score (nSPS) is 17.6. The minimum Gasteiger partial charge on any atom is -0.393 e. The first-order valence-corrected chi connectivity index (χ1v) is 13.6. The van der Waals surface area contributed by atoms with Crippen molar-refractivity contribution in [1.82, 2.24) is 14.8 Å². The number of aromatic nitrogens is 3. The van der Waals surface area contributed by atoms with Crippen LogP contribution in [0.15, 0.2) is 72.9 Å². The van der Waals surface area contributed by atoms with Gasteiger partial charge in [0.15, 0.2) is 0 Å². The smallest absolute Gasteiger partial charge is 0.250 e. The number of pyridine rings is 1. The Bertz CT molecular complexity index is 1680. The van der Waals surface area contributed by atoms with E-state index < -0.39 is 5.91 Å². The molecule has 0 saturated heterocycles. The van der Waals surface area contributed by atoms with Gasteiger partial charge < -0.3 is 16.2 Å². The number of para-hydroxylation sites is 1. The highest BCUT2D eigenvalue weighted by atomic mass is 16.3. The highest BCUT2D eigenvalue weighted by molar-refractivity contribution is 6.01. The number of nitrogens with two attached hydrogens (primary N) is 1. The van der Waals surface area contributed by atoms with Gasteiger partial charge in [-0.05, 0) is 73.6 Å². The standard InChI is InChI=1S/C32H33N5O2/c1-19(2)31-30-25(21-16-20-6-3-4-8-27(20)34-18-21)7-5-9-29(30)37(36-31)23-12-15-26(32(33)39)28(17-23)35-22-10-13-24(38)14-11-22/h3-9,12,15-19,22,24,35,38H,10-11,13-14H2,1-2H3,(H2,33,39). The van der Waals surface area contributed by atoms with Crippen molar-refractivity contribution in [2.24, 2.45) is 5.73 Å². The number of aliphatic hydroxyl groups excluding tert-OH is 1. The lowest BCUT2D eigenvalue weighted by atomic mass is 9.92. The van der Waals surface area contributed by atoms with Crippen LogP contribution in [-0.4, -0.2) is 37.9 Å². The van der Waals surface area contributed by atoms with E-state index in [0.717, 1.165) is 70.0 Å². The molecule has 1 aliphatic carbocycles. The number of primary amides is 1. The van der Waals surface area contributed by atoms with Gasteiger partial charge in [-0.15, -0.1) is 0 Å². The van der Waals surface area contributed by atoms with Crippen molar-refractivity contribution in [1.29, 1.82) is 0 Å². The van der Waals surface area contributed by atoms with Crippen LogP contribution in [0.5, 0.6) is 0 Å². The highest BCUT2D eigenvalue weighted by Crippen LogP contribution is 2.37. The Morgan fingerprint density at radius 1 is 1.03 bits per heavy atom. The summed E-state index contributed by atoms with van der Waals surface area (Å²) in [7, 11) is 0. The number of carbonyl (C=O) groups is 1. The molecule has 0 bridgehead atoms. The summed E-state index contributed by atoms with van der Waals surface area (Å²) in [5.74, 6) is -0.279. The molecule has 1 fully saturated rings. The molecule has 39 heavy (non-hydrogen) atoms. The molecule has 0 unspecified atom stereocenters. The van der Waals surface area contributed by atoms with Crippen molar-refractivity contribution in [3.8, 4) is 16.8 Å². The van der Waals surface area contributed by atoms with Crippen LogP contribution in [-0.2, 0) is 0 Å². The Kier molecular flexibility index (Phi) is 6.53. The Morgan fingerprint density at radius 2 is 1.82 bits per heavy atom. The average molecular weight is 520 g/mol. The molecule has 7 nitrogen and oxygen atoms in total. The molecule has 1 amide bonds. The van der Waals surface area contributed by atoms with Gasteiger partial charge in [0.2, 0.25) is 0 Å². The molecule has 2 aromatic heterocycles. The Labute approximate surface area is 227 Å². The van der Waals surface area contributed by atoms with E-state index in [1.165, 1.54) is 0 Å². The topological polar surface area (TPSA) is 106 Å². The lowest BCUT2D eigenvalue weighted by Crippen LogP contribution is -2.29. The zero-order valence-electron chi connectivity index (χ0n) is 22.3. The molecule has 1 saturated carbocycles. The van der Waals surface area contributed by atoms with Crippen molar-refractivity contribution in [3.63, 3.8) is 0 Å². The Morgan fingerprint density at radius 3 is 2.59 bits per heavy atom. The van der Waals surface area contributed by atoms with Crippen molar-refractivity contribution in [2.45, 2.75) is 57.6 Å². The van der Waals surface area contributed by atoms with Gasteiger partial charge in [-0.1, -0.05) is 44.2 Å². The summed E-state index contributed by atoms with van der Waals surface area (Å²) in [4.78, 5) is 17.0. The minimum absolute atomic E-state index is 0.175. The summed E-state index contributed by atoms with van der Waals surface area (Å²) in [5.41, 5.74) is 12.8. The third-order valence-corrected chi connectivity index (χ3v) is 7.75. The summed E-state index contributed by atoms with van der Waals surface area (Å²) in [6.45, 7) is 4.31. The molecule has 4 N–H and O–H groups in total. The van der Waals surface area contributed by atoms with Crippen molar-refractivity contribution in [3.05, 3.63) is 84.2 Å². The second kappa shape index (κ2) is 10.2. The van der Waals surface area contributed by atoms with Gasteiger partial charge in [-0.3, -0.25) is 9.78 Å². The van der Waals surface area contributed by atoms with E-state index in [4.69, 9.17) is 15.8 Å². The fraction of sp³-hybridized carbons (Fsp3) is 0.281. The van der Waals surface area contributed by atoms with E-state index in [1.54, 1.807) is 6.07 Å². The maximum Gasteiger partial charge on any atom is 0.250 e.